The maximum Gasteiger partial charge on any atom is 0.341 e. The van der Waals surface area contributed by atoms with Crippen molar-refractivity contribution in [2.24, 2.45) is 5.92 Å². The summed E-state index contributed by atoms with van der Waals surface area (Å²) in [6.07, 6.45) is 1.34. The molecule has 0 fully saturated rings. The van der Waals surface area contributed by atoms with Crippen molar-refractivity contribution in [1.82, 2.24) is 0 Å². The Labute approximate surface area is 199 Å². The summed E-state index contributed by atoms with van der Waals surface area (Å²) in [5.41, 5.74) is 4.16. The van der Waals surface area contributed by atoms with Gasteiger partial charge in [-0.15, -0.1) is 0 Å². The van der Waals surface area contributed by atoms with Gasteiger partial charge in [-0.05, 0) is 58.0 Å². The SMILES string of the molecule is CC(C)Cc1ccccc1C(=O)c1ccc(OCC(=O)O)c(Cc2cccc3ccccc23)c1. The lowest BCUT2D eigenvalue weighted by Gasteiger charge is -2.15. The molecule has 0 aliphatic heterocycles. The van der Waals surface area contributed by atoms with Gasteiger partial charge in [0.2, 0.25) is 0 Å². The van der Waals surface area contributed by atoms with E-state index >= 15 is 0 Å². The molecule has 172 valence electrons. The third-order valence-corrected chi connectivity index (χ3v) is 5.82. The summed E-state index contributed by atoms with van der Waals surface area (Å²) < 4.78 is 5.59. The van der Waals surface area contributed by atoms with Gasteiger partial charge in [0, 0.05) is 17.5 Å². The summed E-state index contributed by atoms with van der Waals surface area (Å²) in [5, 5.41) is 11.4. The first-order valence-corrected chi connectivity index (χ1v) is 11.5. The molecule has 4 rings (SSSR count). The summed E-state index contributed by atoms with van der Waals surface area (Å²) in [7, 11) is 0. The van der Waals surface area contributed by atoms with Crippen LogP contribution in [-0.4, -0.2) is 23.5 Å². The van der Waals surface area contributed by atoms with E-state index in [0.29, 0.717) is 29.2 Å². The first-order chi connectivity index (χ1) is 16.4. The van der Waals surface area contributed by atoms with Gasteiger partial charge >= 0.3 is 5.97 Å². The number of carboxylic acids is 1. The average Bonchev–Trinajstić information content (AvgIpc) is 2.83. The molecule has 34 heavy (non-hydrogen) atoms. The van der Waals surface area contributed by atoms with Crippen LogP contribution in [0.2, 0.25) is 0 Å². The number of hydrogen-bond acceptors (Lipinski definition) is 3. The first kappa shape index (κ1) is 23.2. The quantitative estimate of drug-likeness (QED) is 0.302. The molecule has 0 aliphatic carbocycles. The van der Waals surface area contributed by atoms with Crippen LogP contribution in [0.15, 0.2) is 84.9 Å². The highest BCUT2D eigenvalue weighted by Crippen LogP contribution is 2.28. The fourth-order valence-electron chi connectivity index (χ4n) is 4.31. The van der Waals surface area contributed by atoms with Crippen LogP contribution in [0, 0.1) is 5.92 Å². The molecule has 4 nitrogen and oxygen atoms in total. The second-order valence-electron chi connectivity index (χ2n) is 8.90. The smallest absolute Gasteiger partial charge is 0.341 e. The minimum Gasteiger partial charge on any atom is -0.482 e. The van der Waals surface area contributed by atoms with E-state index in [9.17, 15) is 9.59 Å². The molecule has 4 heteroatoms. The molecule has 0 saturated heterocycles. The molecule has 0 bridgehead atoms. The lowest BCUT2D eigenvalue weighted by Crippen LogP contribution is -2.12. The van der Waals surface area contributed by atoms with Gasteiger partial charge in [-0.25, -0.2) is 4.79 Å². The Morgan fingerprint density at radius 1 is 0.824 bits per heavy atom. The van der Waals surface area contributed by atoms with Gasteiger partial charge in [0.1, 0.15) is 5.75 Å². The zero-order valence-corrected chi connectivity index (χ0v) is 19.5. The number of carbonyl (C=O) groups is 2. The maximum absolute atomic E-state index is 13.5. The molecule has 0 spiro atoms. The highest BCUT2D eigenvalue weighted by Gasteiger charge is 2.17. The molecule has 0 aliphatic rings. The molecular weight excluding hydrogens is 424 g/mol. The number of ether oxygens (including phenoxy) is 1. The van der Waals surface area contributed by atoms with Crippen molar-refractivity contribution in [2.45, 2.75) is 26.7 Å². The predicted molar refractivity (Wildman–Crippen MR) is 135 cm³/mol. The highest BCUT2D eigenvalue weighted by molar-refractivity contribution is 6.10. The van der Waals surface area contributed by atoms with E-state index in [0.717, 1.165) is 33.9 Å². The molecule has 1 N–H and O–H groups in total. The third kappa shape index (κ3) is 5.34. The number of rotatable bonds is 9. The number of carbonyl (C=O) groups excluding carboxylic acids is 1. The van der Waals surface area contributed by atoms with Crippen LogP contribution in [0.4, 0.5) is 0 Å². The molecule has 4 aromatic carbocycles. The van der Waals surface area contributed by atoms with Crippen molar-refractivity contribution >= 4 is 22.5 Å². The highest BCUT2D eigenvalue weighted by atomic mass is 16.5. The van der Waals surface area contributed by atoms with Crippen molar-refractivity contribution < 1.29 is 19.4 Å². The molecule has 4 aromatic rings. The number of hydrogen-bond donors (Lipinski definition) is 1. The van der Waals surface area contributed by atoms with Gasteiger partial charge in [0.25, 0.3) is 0 Å². The number of aliphatic carboxylic acids is 1. The summed E-state index contributed by atoms with van der Waals surface area (Å²) in [5.74, 6) is -0.177. The molecule has 0 radical (unpaired) electrons. The molecule has 0 heterocycles. The van der Waals surface area contributed by atoms with E-state index in [1.807, 2.05) is 48.5 Å². The maximum atomic E-state index is 13.5. The average molecular weight is 453 g/mol. The number of benzene rings is 4. The van der Waals surface area contributed by atoms with E-state index in [2.05, 4.69) is 38.1 Å². The predicted octanol–water partition coefficient (Wildman–Crippen LogP) is 6.32. The van der Waals surface area contributed by atoms with Crippen LogP contribution < -0.4 is 4.74 Å². The fraction of sp³-hybridized carbons (Fsp3) is 0.200. The normalized spacial score (nSPS) is 11.0. The third-order valence-electron chi connectivity index (χ3n) is 5.82. The Morgan fingerprint density at radius 3 is 2.32 bits per heavy atom. The first-order valence-electron chi connectivity index (χ1n) is 11.5. The van der Waals surface area contributed by atoms with Crippen molar-refractivity contribution in [3.05, 3.63) is 113 Å². The van der Waals surface area contributed by atoms with Crippen LogP contribution in [0.25, 0.3) is 10.8 Å². The van der Waals surface area contributed by atoms with Crippen LogP contribution >= 0.6 is 0 Å². The lowest BCUT2D eigenvalue weighted by atomic mass is 9.91. The van der Waals surface area contributed by atoms with Crippen molar-refractivity contribution in [3.63, 3.8) is 0 Å². The van der Waals surface area contributed by atoms with Crippen molar-refractivity contribution in [2.75, 3.05) is 6.61 Å². The van der Waals surface area contributed by atoms with E-state index in [1.165, 1.54) is 0 Å². The Bertz CT molecular complexity index is 1330. The monoisotopic (exact) mass is 452 g/mol. The molecule has 0 amide bonds. The van der Waals surface area contributed by atoms with Gasteiger partial charge in [0.15, 0.2) is 12.4 Å². The van der Waals surface area contributed by atoms with Gasteiger partial charge < -0.3 is 9.84 Å². The minimum absolute atomic E-state index is 0.0415. The van der Waals surface area contributed by atoms with Crippen LogP contribution in [-0.2, 0) is 17.6 Å². The van der Waals surface area contributed by atoms with Gasteiger partial charge in [-0.2, -0.15) is 0 Å². The van der Waals surface area contributed by atoms with Crippen molar-refractivity contribution in [3.8, 4) is 5.75 Å². The van der Waals surface area contributed by atoms with Crippen LogP contribution in [0.3, 0.4) is 0 Å². The van der Waals surface area contributed by atoms with E-state index in [-0.39, 0.29) is 5.78 Å². The zero-order chi connectivity index (χ0) is 24.1. The van der Waals surface area contributed by atoms with E-state index < -0.39 is 12.6 Å². The van der Waals surface area contributed by atoms with Gasteiger partial charge in [-0.1, -0.05) is 80.6 Å². The van der Waals surface area contributed by atoms with Crippen LogP contribution in [0.5, 0.6) is 5.75 Å². The Kier molecular flexibility index (Phi) is 7.07. The topological polar surface area (TPSA) is 63.6 Å². The summed E-state index contributed by atoms with van der Waals surface area (Å²) >= 11 is 0. The van der Waals surface area contributed by atoms with Crippen LogP contribution in [0.1, 0.15) is 46.5 Å². The molecule has 0 atom stereocenters. The number of carboxylic acid groups (broad SMARTS) is 1. The second kappa shape index (κ2) is 10.3. The minimum atomic E-state index is -1.04. The summed E-state index contributed by atoms with van der Waals surface area (Å²) in [4.78, 5) is 24.6. The zero-order valence-electron chi connectivity index (χ0n) is 19.5. The number of fused-ring (bicyclic) bond motifs is 1. The van der Waals surface area contributed by atoms with Gasteiger partial charge in [0.05, 0.1) is 0 Å². The summed E-state index contributed by atoms with van der Waals surface area (Å²) in [6.45, 7) is 3.84. The van der Waals surface area contributed by atoms with Crippen molar-refractivity contribution in [1.29, 1.82) is 0 Å². The van der Waals surface area contributed by atoms with Gasteiger partial charge in [-0.3, -0.25) is 4.79 Å². The number of ketones is 1. The Balaban J connectivity index is 1.74. The van der Waals surface area contributed by atoms with E-state index in [4.69, 9.17) is 9.84 Å². The molecular formula is C30H28O4. The fourth-order valence-corrected chi connectivity index (χ4v) is 4.31. The lowest BCUT2D eigenvalue weighted by molar-refractivity contribution is -0.139. The summed E-state index contributed by atoms with van der Waals surface area (Å²) in [6, 6.07) is 27.3. The molecule has 0 aromatic heterocycles. The van der Waals surface area contributed by atoms with E-state index in [1.54, 1.807) is 12.1 Å². The second-order valence-corrected chi connectivity index (χ2v) is 8.90. The molecule has 0 unspecified atom stereocenters. The standard InChI is InChI=1S/C30H28O4/c1-20(2)16-22-9-4-6-13-27(22)30(33)24-14-15-28(34-19-29(31)32)25(18-24)17-23-11-7-10-21-8-3-5-12-26(21)23/h3-15,18,20H,16-17,19H2,1-2H3,(H,31,32). The molecule has 0 saturated carbocycles. The Hall–Kier alpha value is -3.92. The Morgan fingerprint density at radius 2 is 1.53 bits per heavy atom. The largest absolute Gasteiger partial charge is 0.482 e.